The van der Waals surface area contributed by atoms with Gasteiger partial charge >= 0.3 is 6.18 Å². The van der Waals surface area contributed by atoms with E-state index in [0.29, 0.717) is 19.4 Å². The van der Waals surface area contributed by atoms with Gasteiger partial charge in [-0.3, -0.25) is 9.69 Å². The number of amides is 1. The van der Waals surface area contributed by atoms with Crippen LogP contribution in [0.15, 0.2) is 41.4 Å². The lowest BCUT2D eigenvalue weighted by Crippen LogP contribution is -2.49. The fourth-order valence-corrected chi connectivity index (χ4v) is 6.21. The van der Waals surface area contributed by atoms with Gasteiger partial charge in [-0.05, 0) is 58.5 Å². The van der Waals surface area contributed by atoms with Gasteiger partial charge in [-0.1, -0.05) is 17.8 Å². The van der Waals surface area contributed by atoms with E-state index in [1.165, 1.54) is 24.8 Å². The standard InChI is InChI=1S/C32H34F5N7O4/c1-5-25(45)44-15-12-19(16-18(44)11-13-38)46-23-17-24(47-27(32(35,36)37)22-10-7-14-43(22)4)40-28(39-23)29-41-30(48-42-29)31(2,3)26-20(33)8-6-9-21(26)34/h5-6,8-9,17-19,22,27H,1,7,10-12,14-16H2,2-4H3/t18-,19+,22+,27-/m1/s1. The number of likely N-dealkylation sites (tertiary alicyclic amines) is 2. The number of hydrogen-bond acceptors (Lipinski definition) is 10. The number of halogens is 5. The van der Waals surface area contributed by atoms with Crippen molar-refractivity contribution in [1.29, 1.82) is 5.26 Å². The largest absolute Gasteiger partial charge is 0.474 e. The molecule has 48 heavy (non-hydrogen) atoms. The number of hydrogen-bond donors (Lipinski definition) is 0. The molecule has 0 saturated carbocycles. The first-order chi connectivity index (χ1) is 22.7. The van der Waals surface area contributed by atoms with Crippen LogP contribution in [0.1, 0.15) is 57.4 Å². The van der Waals surface area contributed by atoms with Gasteiger partial charge in [-0.25, -0.2) is 8.78 Å². The highest BCUT2D eigenvalue weighted by molar-refractivity contribution is 5.87. The van der Waals surface area contributed by atoms with Gasteiger partial charge in [-0.15, -0.1) is 0 Å². The summed E-state index contributed by atoms with van der Waals surface area (Å²) in [6.45, 7) is 7.14. The van der Waals surface area contributed by atoms with E-state index in [1.54, 1.807) is 11.9 Å². The van der Waals surface area contributed by atoms with E-state index in [4.69, 9.17) is 14.0 Å². The molecule has 2 fully saturated rings. The quantitative estimate of drug-likeness (QED) is 0.204. The van der Waals surface area contributed by atoms with E-state index in [-0.39, 0.29) is 60.7 Å². The molecule has 2 aliphatic rings. The number of carbonyl (C=O) groups is 1. The molecule has 0 aliphatic carbocycles. The Morgan fingerprint density at radius 1 is 1.15 bits per heavy atom. The molecule has 4 heterocycles. The van der Waals surface area contributed by atoms with Crippen LogP contribution in [0.25, 0.3) is 11.6 Å². The molecule has 0 radical (unpaired) electrons. The molecule has 16 heteroatoms. The average molecular weight is 676 g/mol. The first-order valence-corrected chi connectivity index (χ1v) is 15.3. The van der Waals surface area contributed by atoms with Crippen LogP contribution in [0.5, 0.6) is 11.8 Å². The fourth-order valence-electron chi connectivity index (χ4n) is 6.21. The summed E-state index contributed by atoms with van der Waals surface area (Å²) in [6.07, 6.45) is -5.03. The third kappa shape index (κ3) is 7.25. The minimum atomic E-state index is -4.75. The van der Waals surface area contributed by atoms with E-state index < -0.39 is 53.4 Å². The summed E-state index contributed by atoms with van der Waals surface area (Å²) in [5.41, 5.74) is -1.79. The highest BCUT2D eigenvalue weighted by Crippen LogP contribution is 2.37. The van der Waals surface area contributed by atoms with Crippen molar-refractivity contribution in [3.05, 3.63) is 60.0 Å². The Kier molecular flexibility index (Phi) is 9.99. The first kappa shape index (κ1) is 34.7. The summed E-state index contributed by atoms with van der Waals surface area (Å²) in [5.74, 6) is -3.49. The van der Waals surface area contributed by atoms with E-state index in [0.717, 1.165) is 24.3 Å². The number of nitriles is 1. The van der Waals surface area contributed by atoms with Crippen LogP contribution in [-0.4, -0.2) is 86.4 Å². The maximum absolute atomic E-state index is 14.7. The summed E-state index contributed by atoms with van der Waals surface area (Å²) in [4.78, 5) is 28.2. The molecule has 2 saturated heterocycles. The molecule has 0 bridgehead atoms. The number of rotatable bonds is 10. The average Bonchev–Trinajstić information content (AvgIpc) is 3.69. The minimum absolute atomic E-state index is 0.0228. The van der Waals surface area contributed by atoms with Gasteiger partial charge in [-0.2, -0.15) is 33.4 Å². The zero-order chi connectivity index (χ0) is 34.8. The first-order valence-electron chi connectivity index (χ1n) is 15.3. The monoisotopic (exact) mass is 675 g/mol. The molecule has 11 nitrogen and oxygen atoms in total. The Balaban J connectivity index is 1.51. The normalized spacial score (nSPS) is 21.1. The van der Waals surface area contributed by atoms with E-state index >= 15 is 0 Å². The Morgan fingerprint density at radius 2 is 1.85 bits per heavy atom. The van der Waals surface area contributed by atoms with Crippen LogP contribution in [0.2, 0.25) is 0 Å². The Bertz CT molecular complexity index is 1670. The summed E-state index contributed by atoms with van der Waals surface area (Å²) in [7, 11) is 1.59. The van der Waals surface area contributed by atoms with Gasteiger partial charge in [0.25, 0.3) is 0 Å². The number of ether oxygens (including phenoxy) is 2. The summed E-state index contributed by atoms with van der Waals surface area (Å²) in [6, 6.07) is 5.10. The van der Waals surface area contributed by atoms with Crippen molar-refractivity contribution in [2.24, 2.45) is 0 Å². The molecule has 256 valence electrons. The Labute approximate surface area is 273 Å². The Hall–Kier alpha value is -4.65. The number of likely N-dealkylation sites (N-methyl/N-ethyl adjacent to an activating group) is 1. The van der Waals surface area contributed by atoms with Gasteiger partial charge in [0.1, 0.15) is 17.7 Å². The summed E-state index contributed by atoms with van der Waals surface area (Å²) < 4.78 is 89.4. The van der Waals surface area contributed by atoms with Crippen molar-refractivity contribution in [3.8, 4) is 29.5 Å². The topological polar surface area (TPSA) is 130 Å². The lowest BCUT2D eigenvalue weighted by atomic mass is 9.83. The van der Waals surface area contributed by atoms with Crippen molar-refractivity contribution in [3.63, 3.8) is 0 Å². The fraction of sp³-hybridized carbons (Fsp3) is 0.500. The number of nitrogens with zero attached hydrogens (tertiary/aromatic N) is 7. The van der Waals surface area contributed by atoms with Crippen molar-refractivity contribution in [2.45, 2.75) is 81.8 Å². The zero-order valence-corrected chi connectivity index (χ0v) is 26.5. The molecule has 1 amide bonds. The Morgan fingerprint density at radius 3 is 2.48 bits per heavy atom. The molecule has 2 aliphatic heterocycles. The van der Waals surface area contributed by atoms with Crippen molar-refractivity contribution in [1.82, 2.24) is 29.9 Å². The smallest absolute Gasteiger partial charge is 0.427 e. The molecule has 0 unspecified atom stereocenters. The molecule has 3 aromatic rings. The van der Waals surface area contributed by atoms with Crippen molar-refractivity contribution in [2.75, 3.05) is 20.1 Å². The van der Waals surface area contributed by atoms with Gasteiger partial charge in [0.15, 0.2) is 0 Å². The molecule has 5 rings (SSSR count). The van der Waals surface area contributed by atoms with Crippen LogP contribution < -0.4 is 9.47 Å². The zero-order valence-electron chi connectivity index (χ0n) is 26.5. The number of alkyl halides is 3. The second kappa shape index (κ2) is 13.8. The maximum atomic E-state index is 14.7. The minimum Gasteiger partial charge on any atom is -0.474 e. The van der Waals surface area contributed by atoms with Crippen LogP contribution in [0.4, 0.5) is 22.0 Å². The SMILES string of the molecule is C=CC(=O)N1CC[C@H](Oc2cc(O[C@H]([C@@H]3CCCN3C)C(F)(F)F)nc(-c3noc(C(C)(C)c4c(F)cccc4F)n3)n2)C[C@H]1CC#N. The molecule has 0 N–H and O–H groups in total. The summed E-state index contributed by atoms with van der Waals surface area (Å²) >= 11 is 0. The molecule has 4 atom stereocenters. The molecular weight excluding hydrogens is 641 g/mol. The number of piperidine rings is 1. The van der Waals surface area contributed by atoms with Gasteiger partial charge in [0.05, 0.1) is 30.0 Å². The second-order valence-corrected chi connectivity index (χ2v) is 12.3. The van der Waals surface area contributed by atoms with Crippen molar-refractivity contribution >= 4 is 5.91 Å². The highest BCUT2D eigenvalue weighted by atomic mass is 19.4. The van der Waals surface area contributed by atoms with Crippen LogP contribution >= 0.6 is 0 Å². The van der Waals surface area contributed by atoms with Gasteiger partial charge < -0.3 is 18.9 Å². The lowest BCUT2D eigenvalue weighted by molar-refractivity contribution is -0.209. The molecule has 1 aromatic carbocycles. The third-order valence-corrected chi connectivity index (χ3v) is 8.66. The maximum Gasteiger partial charge on any atom is 0.427 e. The van der Waals surface area contributed by atoms with E-state index in [2.05, 4.69) is 32.8 Å². The van der Waals surface area contributed by atoms with Crippen LogP contribution in [-0.2, 0) is 10.2 Å². The molecule has 0 spiro atoms. The van der Waals surface area contributed by atoms with E-state index in [1.807, 2.05) is 0 Å². The van der Waals surface area contributed by atoms with Crippen LogP contribution in [0.3, 0.4) is 0 Å². The number of carbonyl (C=O) groups excluding carboxylic acids is 1. The van der Waals surface area contributed by atoms with Crippen molar-refractivity contribution < 1.29 is 40.7 Å². The number of aromatic nitrogens is 4. The van der Waals surface area contributed by atoms with Gasteiger partial charge in [0.2, 0.25) is 41.3 Å². The predicted molar refractivity (Wildman–Crippen MR) is 160 cm³/mol. The van der Waals surface area contributed by atoms with Gasteiger partial charge in [0, 0.05) is 31.0 Å². The summed E-state index contributed by atoms with van der Waals surface area (Å²) in [5, 5.41) is 13.2. The lowest BCUT2D eigenvalue weighted by Gasteiger charge is -2.37. The second-order valence-electron chi connectivity index (χ2n) is 12.3. The molecule has 2 aromatic heterocycles. The third-order valence-electron chi connectivity index (χ3n) is 8.66. The van der Waals surface area contributed by atoms with E-state index in [9.17, 15) is 32.0 Å². The number of benzene rings is 1. The predicted octanol–water partition coefficient (Wildman–Crippen LogP) is 5.37. The molecular formula is C32H34F5N7O4. The van der Waals surface area contributed by atoms with Crippen LogP contribution in [0, 0.1) is 23.0 Å². The highest BCUT2D eigenvalue weighted by Gasteiger charge is 2.50.